The lowest BCUT2D eigenvalue weighted by molar-refractivity contribution is 0.665. The van der Waals surface area contributed by atoms with E-state index in [0.717, 1.165) is 17.2 Å². The molecule has 0 aliphatic heterocycles. The maximum atomic E-state index is 4.98. The van der Waals surface area contributed by atoms with Gasteiger partial charge in [0.15, 0.2) is 0 Å². The van der Waals surface area contributed by atoms with E-state index in [-0.39, 0.29) is 0 Å². The van der Waals surface area contributed by atoms with E-state index in [4.69, 9.17) is 5.40 Å². The summed E-state index contributed by atoms with van der Waals surface area (Å²) in [6, 6.07) is 4.60. The smallest absolute Gasteiger partial charge is 0.221 e. The van der Waals surface area contributed by atoms with Gasteiger partial charge >= 0.3 is 0 Å². The summed E-state index contributed by atoms with van der Waals surface area (Å²) < 4.78 is 4.60. The molecule has 0 rings (SSSR count). The minimum Gasteiger partial charge on any atom is -0.457 e. The van der Waals surface area contributed by atoms with Gasteiger partial charge in [0.2, 0.25) is 9.92 Å². The Morgan fingerprint density at radius 1 is 0.692 bits per heavy atom. The molecule has 0 heterocycles. The zero-order valence-corrected chi connectivity index (χ0v) is 26.5. The standard InChI is InChI=1S/C18H45BSi3.H7NOSi2/c1-20(2,3)16-10-13-19(14-11-17-21(4,5)6)15-12-18-22(7,8)9;1-4-2-3/h10-18H2,1-9H3;1,4H2,3H3. The molecule has 2 nitrogen and oxygen atoms in total. The first kappa shape index (κ1) is 29.3. The van der Waals surface area contributed by atoms with Gasteiger partial charge in [-0.15, -0.1) is 0 Å². The van der Waals surface area contributed by atoms with Crippen LogP contribution < -0.4 is 5.40 Å². The van der Waals surface area contributed by atoms with Crippen LogP contribution in [0.2, 0.25) is 96.0 Å². The van der Waals surface area contributed by atoms with Crippen LogP contribution in [0.1, 0.15) is 19.3 Å². The molecule has 158 valence electrons. The van der Waals surface area contributed by atoms with E-state index in [1.807, 2.05) is 0 Å². The highest BCUT2D eigenvalue weighted by Gasteiger charge is 2.20. The van der Waals surface area contributed by atoms with Gasteiger partial charge < -0.3 is 9.51 Å². The van der Waals surface area contributed by atoms with Crippen molar-refractivity contribution in [2.75, 3.05) is 0 Å². The van der Waals surface area contributed by atoms with E-state index in [0.29, 0.717) is 0 Å². The third-order valence-corrected chi connectivity index (χ3v) is 11.7. The van der Waals surface area contributed by atoms with Crippen molar-refractivity contribution in [3.63, 3.8) is 0 Å². The first-order chi connectivity index (χ1) is 11.7. The van der Waals surface area contributed by atoms with Crippen molar-refractivity contribution in [3.8, 4) is 0 Å². The SMILES string of the molecule is C[Si](C)(C)CCCB(CCC[Si](C)(C)C)CCC[Si](C)(C)C.N[SiH2]O[SiH3]. The molecule has 8 heteroatoms. The Bertz CT molecular complexity index is 277. The van der Waals surface area contributed by atoms with Gasteiger partial charge in [-0.1, -0.05) is 115 Å². The van der Waals surface area contributed by atoms with Crippen molar-refractivity contribution in [2.45, 2.75) is 115 Å². The van der Waals surface area contributed by atoms with Gasteiger partial charge in [-0.3, -0.25) is 0 Å². The molecule has 26 heavy (non-hydrogen) atoms. The summed E-state index contributed by atoms with van der Waals surface area (Å²) in [6.45, 7) is 23.8. The molecule has 0 unspecified atom stereocenters. The van der Waals surface area contributed by atoms with Gasteiger partial charge in [0, 0.05) is 24.2 Å². The summed E-state index contributed by atoms with van der Waals surface area (Å²) >= 11 is 0. The zero-order chi connectivity index (χ0) is 20.9. The molecule has 0 aliphatic rings. The van der Waals surface area contributed by atoms with E-state index in [1.165, 1.54) is 56.4 Å². The molecule has 0 aromatic carbocycles. The molecule has 0 amide bonds. The van der Waals surface area contributed by atoms with Crippen molar-refractivity contribution in [1.29, 1.82) is 0 Å². The summed E-state index contributed by atoms with van der Waals surface area (Å²) in [5.74, 6) is 0. The second-order valence-electron chi connectivity index (χ2n) is 11.7. The summed E-state index contributed by atoms with van der Waals surface area (Å²) in [5, 5.41) is 4.98. The summed E-state index contributed by atoms with van der Waals surface area (Å²) in [5.41, 5.74) is 0. The maximum absolute atomic E-state index is 4.98. The van der Waals surface area contributed by atoms with Crippen LogP contribution in [-0.4, -0.2) is 51.3 Å². The molecule has 0 spiro atoms. The Labute approximate surface area is 175 Å². The number of hydrogen-bond acceptors (Lipinski definition) is 2. The fourth-order valence-corrected chi connectivity index (χ4v) is 6.99. The lowest BCUT2D eigenvalue weighted by Crippen LogP contribution is -2.23. The van der Waals surface area contributed by atoms with Crippen LogP contribution in [0.25, 0.3) is 0 Å². The third-order valence-electron chi connectivity index (χ3n) is 4.78. The Kier molecular flexibility index (Phi) is 16.9. The van der Waals surface area contributed by atoms with Gasteiger partial charge in [0.25, 0.3) is 0 Å². The van der Waals surface area contributed by atoms with Crippen molar-refractivity contribution >= 4 is 51.3 Å². The second-order valence-corrected chi connectivity index (χ2v) is 31.2. The predicted octanol–water partition coefficient (Wildman–Crippen LogP) is 4.91. The first-order valence-electron chi connectivity index (χ1n) is 10.9. The fraction of sp³-hybridized carbons (Fsp3) is 1.00. The largest absolute Gasteiger partial charge is 0.457 e. The minimum atomic E-state index is -0.833. The molecule has 0 saturated heterocycles. The Morgan fingerprint density at radius 2 is 0.923 bits per heavy atom. The van der Waals surface area contributed by atoms with E-state index in [2.05, 4.69) is 63.0 Å². The molecule has 0 radical (unpaired) electrons. The van der Waals surface area contributed by atoms with E-state index >= 15 is 0 Å². The predicted molar refractivity (Wildman–Crippen MR) is 142 cm³/mol. The molecule has 0 aliphatic carbocycles. The summed E-state index contributed by atoms with van der Waals surface area (Å²) in [4.78, 5) is 0. The first-order valence-corrected chi connectivity index (χ1v) is 24.2. The lowest BCUT2D eigenvalue weighted by Gasteiger charge is -2.21. The van der Waals surface area contributed by atoms with Crippen LogP contribution in [0.3, 0.4) is 0 Å². The van der Waals surface area contributed by atoms with Crippen LogP contribution in [-0.2, 0) is 4.12 Å². The molecule has 0 saturated carbocycles. The van der Waals surface area contributed by atoms with E-state index in [1.54, 1.807) is 0 Å². The highest BCUT2D eigenvalue weighted by atomic mass is 28.3. The second kappa shape index (κ2) is 15.0. The average molecular weight is 450 g/mol. The molecule has 0 aromatic rings. The van der Waals surface area contributed by atoms with Crippen LogP contribution in [0, 0.1) is 0 Å². The average Bonchev–Trinajstić information content (AvgIpc) is 2.43. The maximum Gasteiger partial charge on any atom is 0.221 e. The molecule has 2 N–H and O–H groups in total. The van der Waals surface area contributed by atoms with Crippen LogP contribution >= 0.6 is 0 Å². The van der Waals surface area contributed by atoms with Crippen molar-refractivity contribution in [2.24, 2.45) is 5.40 Å². The third kappa shape index (κ3) is 27.3. The van der Waals surface area contributed by atoms with Crippen molar-refractivity contribution in [1.82, 2.24) is 0 Å². The van der Waals surface area contributed by atoms with Crippen molar-refractivity contribution < 1.29 is 4.12 Å². The monoisotopic (exact) mass is 449 g/mol. The minimum absolute atomic E-state index is 0.514. The normalized spacial score (nSPS) is 13.2. The van der Waals surface area contributed by atoms with Crippen LogP contribution in [0.4, 0.5) is 0 Å². The Hall–Kier alpha value is 1.07. The van der Waals surface area contributed by atoms with Crippen LogP contribution in [0.5, 0.6) is 0 Å². The molecule has 0 bridgehead atoms. The van der Waals surface area contributed by atoms with E-state index in [9.17, 15) is 0 Å². The molecular weight excluding hydrogens is 397 g/mol. The summed E-state index contributed by atoms with van der Waals surface area (Å²) in [6.07, 6.45) is 9.05. The van der Waals surface area contributed by atoms with Gasteiger partial charge in [0.1, 0.15) is 17.2 Å². The van der Waals surface area contributed by atoms with E-state index < -0.39 is 34.1 Å². The molecule has 0 aromatic heterocycles. The molecule has 0 fully saturated rings. The Balaban J connectivity index is 0. The molecule has 0 atom stereocenters. The van der Waals surface area contributed by atoms with Gasteiger partial charge in [-0.2, -0.15) is 0 Å². The topological polar surface area (TPSA) is 35.2 Å². The van der Waals surface area contributed by atoms with Gasteiger partial charge in [-0.25, -0.2) is 0 Å². The quantitative estimate of drug-likeness (QED) is 0.406. The summed E-state index contributed by atoms with van der Waals surface area (Å²) in [7, 11) is -2.19. The highest BCUT2D eigenvalue weighted by Crippen LogP contribution is 2.24. The zero-order valence-electron chi connectivity index (χ0n) is 20.1. The van der Waals surface area contributed by atoms with Crippen LogP contribution in [0.15, 0.2) is 0 Å². The molecular formula is C18H52BNOSi5. The van der Waals surface area contributed by atoms with Gasteiger partial charge in [-0.05, 0) is 0 Å². The lowest BCUT2D eigenvalue weighted by atomic mass is 9.41. The van der Waals surface area contributed by atoms with Gasteiger partial charge in [0.05, 0.1) is 0 Å². The number of rotatable bonds is 13. The number of hydrogen-bond donors (Lipinski definition) is 1. The number of nitrogens with two attached hydrogens (primary N) is 1. The highest BCUT2D eigenvalue weighted by molar-refractivity contribution is 6.77. The fourth-order valence-electron chi connectivity index (χ4n) is 3.20. The van der Waals surface area contributed by atoms with Crippen molar-refractivity contribution in [3.05, 3.63) is 0 Å². The Morgan fingerprint density at radius 3 is 1.08 bits per heavy atom.